The van der Waals surface area contributed by atoms with Crippen molar-refractivity contribution in [1.82, 2.24) is 9.97 Å². The molecule has 0 fully saturated rings. The first-order valence-corrected chi connectivity index (χ1v) is 5.99. The Bertz CT molecular complexity index is 507. The van der Waals surface area contributed by atoms with E-state index in [-0.39, 0.29) is 0 Å². The average Bonchev–Trinajstić information content (AvgIpc) is 2.72. The van der Waals surface area contributed by atoms with Crippen molar-refractivity contribution in [3.05, 3.63) is 47.4 Å². The van der Waals surface area contributed by atoms with Gasteiger partial charge in [-0.15, -0.1) is 0 Å². The number of rotatable bonds is 1. The molecule has 1 aromatic heterocycles. The van der Waals surface area contributed by atoms with Gasteiger partial charge in [0.05, 0.1) is 18.9 Å². The fourth-order valence-electron chi connectivity index (χ4n) is 1.61. The molecule has 5 heteroatoms. The molecule has 16 heavy (non-hydrogen) atoms. The van der Waals surface area contributed by atoms with Crippen LogP contribution < -0.4 is 4.31 Å². The molecule has 3 rings (SSSR count). The number of nitrogens with zero attached hydrogens (tertiary/aromatic N) is 3. The predicted octanol–water partition coefficient (Wildman–Crippen LogP) is 3.16. The first-order valence-electron chi connectivity index (χ1n) is 4.84. The van der Waals surface area contributed by atoms with Crippen LogP contribution in [0, 0.1) is 0 Å². The lowest BCUT2D eigenvalue weighted by atomic mass is 10.2. The smallest absolute Gasteiger partial charge is 0.159 e. The van der Waals surface area contributed by atoms with Gasteiger partial charge >= 0.3 is 0 Å². The summed E-state index contributed by atoms with van der Waals surface area (Å²) in [5.74, 6) is 0.800. The van der Waals surface area contributed by atoms with E-state index >= 15 is 0 Å². The average molecular weight is 250 g/mol. The second kappa shape index (κ2) is 3.96. The number of hydrogen-bond donors (Lipinski definition) is 0. The molecule has 0 N–H and O–H groups in total. The van der Waals surface area contributed by atoms with E-state index in [0.29, 0.717) is 5.15 Å². The number of aromatic nitrogens is 2. The molecule has 80 valence electrons. The molecule has 1 aliphatic rings. The SMILES string of the molecule is Clc1cncc(N2Cc3ccccc3S2)n1. The van der Waals surface area contributed by atoms with E-state index in [0.717, 1.165) is 12.4 Å². The molecule has 3 nitrogen and oxygen atoms in total. The van der Waals surface area contributed by atoms with E-state index in [9.17, 15) is 0 Å². The van der Waals surface area contributed by atoms with Crippen LogP contribution in [0.4, 0.5) is 5.82 Å². The van der Waals surface area contributed by atoms with Crippen LogP contribution in [0.2, 0.25) is 5.15 Å². The van der Waals surface area contributed by atoms with E-state index in [2.05, 4.69) is 26.4 Å². The summed E-state index contributed by atoms with van der Waals surface area (Å²) in [7, 11) is 0. The minimum Gasteiger partial charge on any atom is -0.291 e. The Hall–Kier alpha value is -1.26. The Balaban J connectivity index is 1.91. The van der Waals surface area contributed by atoms with Crippen molar-refractivity contribution in [2.45, 2.75) is 11.4 Å². The minimum atomic E-state index is 0.425. The van der Waals surface area contributed by atoms with Gasteiger partial charge in [0, 0.05) is 4.90 Å². The summed E-state index contributed by atoms with van der Waals surface area (Å²) in [5.41, 5.74) is 1.31. The van der Waals surface area contributed by atoms with Gasteiger partial charge in [0.15, 0.2) is 5.82 Å². The van der Waals surface area contributed by atoms with Crippen molar-refractivity contribution in [3.63, 3.8) is 0 Å². The molecule has 0 spiro atoms. The second-order valence-corrected chi connectivity index (χ2v) is 4.89. The molecule has 0 unspecified atom stereocenters. The van der Waals surface area contributed by atoms with Crippen molar-refractivity contribution < 1.29 is 0 Å². The quantitative estimate of drug-likeness (QED) is 0.726. The maximum absolute atomic E-state index is 5.83. The molecule has 1 aliphatic heterocycles. The molecular weight excluding hydrogens is 242 g/mol. The Morgan fingerprint density at radius 2 is 2.12 bits per heavy atom. The van der Waals surface area contributed by atoms with Crippen molar-refractivity contribution in [3.8, 4) is 0 Å². The van der Waals surface area contributed by atoms with Crippen LogP contribution in [-0.2, 0) is 6.54 Å². The zero-order chi connectivity index (χ0) is 11.0. The Kier molecular flexibility index (Phi) is 2.46. The molecule has 0 saturated heterocycles. The normalized spacial score (nSPS) is 13.9. The van der Waals surface area contributed by atoms with Gasteiger partial charge in [0.2, 0.25) is 0 Å². The highest BCUT2D eigenvalue weighted by molar-refractivity contribution is 8.01. The largest absolute Gasteiger partial charge is 0.291 e. The molecular formula is C11H8ClN3S. The number of anilines is 1. The van der Waals surface area contributed by atoms with E-state index in [1.807, 2.05) is 12.1 Å². The summed E-state index contributed by atoms with van der Waals surface area (Å²) in [4.78, 5) is 9.56. The van der Waals surface area contributed by atoms with E-state index in [1.54, 1.807) is 24.3 Å². The third-order valence-corrected chi connectivity index (χ3v) is 3.66. The molecule has 2 aromatic rings. The fourth-order valence-corrected chi connectivity index (χ4v) is 2.76. The molecule has 0 aliphatic carbocycles. The van der Waals surface area contributed by atoms with Crippen LogP contribution in [0.1, 0.15) is 5.56 Å². The summed E-state index contributed by atoms with van der Waals surface area (Å²) < 4.78 is 2.09. The lowest BCUT2D eigenvalue weighted by molar-refractivity contribution is 1.02. The van der Waals surface area contributed by atoms with Gasteiger partial charge in [-0.2, -0.15) is 0 Å². The van der Waals surface area contributed by atoms with Crippen LogP contribution in [0.3, 0.4) is 0 Å². The molecule has 0 saturated carbocycles. The fraction of sp³-hybridized carbons (Fsp3) is 0.0909. The first-order chi connectivity index (χ1) is 7.83. The maximum atomic E-state index is 5.83. The van der Waals surface area contributed by atoms with Crippen LogP contribution in [0.15, 0.2) is 41.6 Å². The van der Waals surface area contributed by atoms with Gasteiger partial charge < -0.3 is 0 Å². The number of halogens is 1. The van der Waals surface area contributed by atoms with Crippen LogP contribution >= 0.6 is 23.5 Å². The van der Waals surface area contributed by atoms with Crippen LogP contribution in [0.5, 0.6) is 0 Å². The van der Waals surface area contributed by atoms with Gasteiger partial charge in [-0.3, -0.25) is 9.29 Å². The van der Waals surface area contributed by atoms with Gasteiger partial charge in [-0.1, -0.05) is 29.8 Å². The van der Waals surface area contributed by atoms with E-state index in [4.69, 9.17) is 11.6 Å². The zero-order valence-corrected chi connectivity index (χ0v) is 9.87. The van der Waals surface area contributed by atoms with Crippen molar-refractivity contribution >= 4 is 29.4 Å². The Morgan fingerprint density at radius 3 is 2.94 bits per heavy atom. The summed E-state index contributed by atoms with van der Waals surface area (Å²) in [5, 5.41) is 0.425. The number of benzene rings is 1. The molecule has 0 amide bonds. The maximum Gasteiger partial charge on any atom is 0.159 e. The second-order valence-electron chi connectivity index (χ2n) is 3.44. The third kappa shape index (κ3) is 1.74. The van der Waals surface area contributed by atoms with Gasteiger partial charge in [0.25, 0.3) is 0 Å². The molecule has 2 heterocycles. The highest BCUT2D eigenvalue weighted by atomic mass is 35.5. The lowest BCUT2D eigenvalue weighted by Crippen LogP contribution is -2.09. The third-order valence-electron chi connectivity index (χ3n) is 2.34. The number of fused-ring (bicyclic) bond motifs is 1. The molecule has 1 aromatic carbocycles. The summed E-state index contributed by atoms with van der Waals surface area (Å²) in [6.07, 6.45) is 3.27. The van der Waals surface area contributed by atoms with Crippen molar-refractivity contribution in [2.75, 3.05) is 4.31 Å². The monoisotopic (exact) mass is 249 g/mol. The molecule has 0 atom stereocenters. The highest BCUT2D eigenvalue weighted by Crippen LogP contribution is 2.38. The van der Waals surface area contributed by atoms with Crippen LogP contribution in [-0.4, -0.2) is 9.97 Å². The van der Waals surface area contributed by atoms with Crippen molar-refractivity contribution in [2.24, 2.45) is 0 Å². The predicted molar refractivity (Wildman–Crippen MR) is 65.5 cm³/mol. The Morgan fingerprint density at radius 1 is 1.25 bits per heavy atom. The summed E-state index contributed by atoms with van der Waals surface area (Å²) in [6.45, 7) is 0.843. The minimum absolute atomic E-state index is 0.425. The molecule has 0 radical (unpaired) electrons. The van der Waals surface area contributed by atoms with E-state index < -0.39 is 0 Å². The lowest BCUT2D eigenvalue weighted by Gasteiger charge is -2.13. The van der Waals surface area contributed by atoms with E-state index in [1.165, 1.54) is 10.5 Å². The Labute approximate surface area is 103 Å². The number of hydrogen-bond acceptors (Lipinski definition) is 4. The molecule has 0 bridgehead atoms. The van der Waals surface area contributed by atoms with Gasteiger partial charge in [0.1, 0.15) is 5.15 Å². The topological polar surface area (TPSA) is 29.0 Å². The highest BCUT2D eigenvalue weighted by Gasteiger charge is 2.21. The van der Waals surface area contributed by atoms with Gasteiger partial charge in [-0.05, 0) is 23.6 Å². The van der Waals surface area contributed by atoms with Crippen molar-refractivity contribution in [1.29, 1.82) is 0 Å². The van der Waals surface area contributed by atoms with Crippen LogP contribution in [0.25, 0.3) is 0 Å². The summed E-state index contributed by atoms with van der Waals surface area (Å²) in [6, 6.07) is 8.32. The standard InChI is InChI=1S/C11H8ClN3S/c12-10-5-13-6-11(14-10)15-7-8-3-1-2-4-9(8)16-15/h1-6H,7H2. The first kappa shape index (κ1) is 9.93. The summed E-state index contributed by atoms with van der Waals surface area (Å²) >= 11 is 7.50. The van der Waals surface area contributed by atoms with Gasteiger partial charge in [-0.25, -0.2) is 4.98 Å². The zero-order valence-electron chi connectivity index (χ0n) is 8.30.